The highest BCUT2D eigenvalue weighted by Crippen LogP contribution is 2.39. The number of fused-ring (bicyclic) bond motifs is 5. The van der Waals surface area contributed by atoms with Crippen LogP contribution in [-0.2, 0) is 6.18 Å². The summed E-state index contributed by atoms with van der Waals surface area (Å²) in [6.45, 7) is 10.1. The van der Waals surface area contributed by atoms with E-state index in [1.165, 1.54) is 11.6 Å². The number of halogens is 3. The molecule has 4 aromatic rings. The average Bonchev–Trinajstić information content (AvgIpc) is 3.10. The molecule has 2 heterocycles. The quantitative estimate of drug-likeness (QED) is 0.321. The fraction of sp³-hybridized carbons (Fsp3) is 0.261. The molecule has 0 amide bonds. The fourth-order valence-electron chi connectivity index (χ4n) is 4.03. The molecule has 0 bridgehead atoms. The first-order chi connectivity index (χ1) is 13.1. The summed E-state index contributed by atoms with van der Waals surface area (Å²) in [5.41, 5.74) is 6.23. The van der Waals surface area contributed by atoms with Crippen molar-refractivity contribution in [2.45, 2.75) is 40.8 Å². The molecule has 0 spiro atoms. The van der Waals surface area contributed by atoms with E-state index in [-0.39, 0.29) is 0 Å². The van der Waals surface area contributed by atoms with Gasteiger partial charge in [0.1, 0.15) is 5.65 Å². The largest absolute Gasteiger partial charge is 0.416 e. The van der Waals surface area contributed by atoms with Crippen molar-refractivity contribution in [3.8, 4) is 0 Å². The summed E-state index contributed by atoms with van der Waals surface area (Å²) in [6, 6.07) is 6.08. The molecular formula is C23H21F3N2. The number of aryl methyl sites for hydroxylation is 2. The van der Waals surface area contributed by atoms with Crippen molar-refractivity contribution in [3.63, 3.8) is 0 Å². The van der Waals surface area contributed by atoms with Crippen LogP contribution >= 0.6 is 0 Å². The number of rotatable bonds is 1. The second-order valence-corrected chi connectivity index (χ2v) is 7.59. The van der Waals surface area contributed by atoms with Gasteiger partial charge >= 0.3 is 6.18 Å². The highest BCUT2D eigenvalue weighted by Gasteiger charge is 2.31. The molecule has 2 aromatic carbocycles. The predicted octanol–water partition coefficient (Wildman–Crippen LogP) is 7.09. The van der Waals surface area contributed by atoms with E-state index in [1.54, 1.807) is 12.3 Å². The van der Waals surface area contributed by atoms with Gasteiger partial charge in [-0.05, 0) is 74.9 Å². The Labute approximate surface area is 161 Å². The van der Waals surface area contributed by atoms with Crippen LogP contribution in [0.15, 0.2) is 42.2 Å². The van der Waals surface area contributed by atoms with Crippen LogP contribution in [0.2, 0.25) is 0 Å². The molecule has 2 nitrogen and oxygen atoms in total. The smallest absolute Gasteiger partial charge is 0.299 e. The number of nitrogens with zero attached hydrogens (tertiary/aromatic N) is 2. The summed E-state index contributed by atoms with van der Waals surface area (Å²) in [4.78, 5) is 4.49. The van der Waals surface area contributed by atoms with Crippen LogP contribution < -0.4 is 0 Å². The van der Waals surface area contributed by atoms with Gasteiger partial charge in [0, 0.05) is 28.7 Å². The number of allylic oxidation sites excluding steroid dienone is 2. The lowest BCUT2D eigenvalue weighted by atomic mass is 9.91. The third-order valence-corrected chi connectivity index (χ3v) is 5.63. The minimum absolute atomic E-state index is 0.593. The van der Waals surface area contributed by atoms with Crippen LogP contribution in [0.1, 0.15) is 43.0 Å². The van der Waals surface area contributed by atoms with E-state index in [4.69, 9.17) is 0 Å². The van der Waals surface area contributed by atoms with E-state index >= 15 is 0 Å². The van der Waals surface area contributed by atoms with Crippen molar-refractivity contribution in [1.29, 1.82) is 0 Å². The topological polar surface area (TPSA) is 17.3 Å². The number of imidazole rings is 1. The first-order valence-corrected chi connectivity index (χ1v) is 9.15. The molecule has 4 rings (SSSR count). The van der Waals surface area contributed by atoms with E-state index in [1.807, 2.05) is 38.3 Å². The Balaban J connectivity index is 2.33. The Bertz CT molecular complexity index is 1290. The molecule has 0 N–H and O–H groups in total. The SMILES string of the molecule is CC(C)=C(C)c1c(C)c2nccn2c2c1cc(C)c1ccc(C(F)(F)F)cc12. The number of alkyl halides is 3. The van der Waals surface area contributed by atoms with Gasteiger partial charge in [0.05, 0.1) is 11.1 Å². The third-order valence-electron chi connectivity index (χ3n) is 5.63. The Hall–Kier alpha value is -2.82. The van der Waals surface area contributed by atoms with Crippen LogP contribution in [0.4, 0.5) is 13.2 Å². The zero-order chi connectivity index (χ0) is 20.4. The predicted molar refractivity (Wildman–Crippen MR) is 109 cm³/mol. The van der Waals surface area contributed by atoms with E-state index in [0.29, 0.717) is 5.39 Å². The van der Waals surface area contributed by atoms with Gasteiger partial charge in [0.2, 0.25) is 0 Å². The molecule has 5 heteroatoms. The van der Waals surface area contributed by atoms with Gasteiger partial charge in [-0.15, -0.1) is 0 Å². The summed E-state index contributed by atoms with van der Waals surface area (Å²) < 4.78 is 42.2. The van der Waals surface area contributed by atoms with E-state index in [2.05, 4.69) is 18.0 Å². The first kappa shape index (κ1) is 18.5. The molecule has 144 valence electrons. The molecular weight excluding hydrogens is 361 g/mol. The van der Waals surface area contributed by atoms with E-state index in [9.17, 15) is 13.2 Å². The summed E-state index contributed by atoms with van der Waals surface area (Å²) >= 11 is 0. The molecule has 2 aromatic heterocycles. The maximum Gasteiger partial charge on any atom is 0.416 e. The monoisotopic (exact) mass is 382 g/mol. The van der Waals surface area contributed by atoms with Gasteiger partial charge in [0.15, 0.2) is 0 Å². The Morgan fingerprint density at radius 3 is 2.32 bits per heavy atom. The van der Waals surface area contributed by atoms with Gasteiger partial charge in [-0.1, -0.05) is 11.6 Å². The standard InChI is InChI=1S/C23H21F3N2/c1-12(2)14(4)20-15(5)22-27-8-9-28(22)21-18-11-16(23(24,25)26)6-7-17(18)13(3)10-19(20)21/h6-11H,1-5H3. The fourth-order valence-corrected chi connectivity index (χ4v) is 4.03. The molecule has 0 fully saturated rings. The Morgan fingerprint density at radius 2 is 1.68 bits per heavy atom. The highest BCUT2D eigenvalue weighted by atomic mass is 19.4. The zero-order valence-corrected chi connectivity index (χ0v) is 16.5. The van der Waals surface area contributed by atoms with Gasteiger partial charge in [-0.2, -0.15) is 13.2 Å². The van der Waals surface area contributed by atoms with Gasteiger partial charge < -0.3 is 0 Å². The minimum Gasteiger partial charge on any atom is -0.299 e. The highest BCUT2D eigenvalue weighted by molar-refractivity contribution is 6.12. The first-order valence-electron chi connectivity index (χ1n) is 9.15. The average molecular weight is 382 g/mol. The number of benzene rings is 2. The van der Waals surface area contributed by atoms with Crippen LogP contribution in [-0.4, -0.2) is 9.38 Å². The summed E-state index contributed by atoms with van der Waals surface area (Å²) in [5, 5.41) is 2.36. The molecule has 28 heavy (non-hydrogen) atoms. The molecule has 0 atom stereocenters. The van der Waals surface area contributed by atoms with Crippen molar-refractivity contribution in [2.75, 3.05) is 0 Å². The second kappa shape index (κ2) is 6.09. The second-order valence-electron chi connectivity index (χ2n) is 7.59. The summed E-state index contributed by atoms with van der Waals surface area (Å²) in [6.07, 6.45) is -0.869. The maximum absolute atomic E-state index is 13.4. The molecule has 0 aliphatic carbocycles. The zero-order valence-electron chi connectivity index (χ0n) is 16.5. The number of hydrogen-bond acceptors (Lipinski definition) is 1. The van der Waals surface area contributed by atoms with Gasteiger partial charge in [-0.25, -0.2) is 4.98 Å². The normalized spacial score (nSPS) is 12.3. The summed E-state index contributed by atoms with van der Waals surface area (Å²) in [7, 11) is 0. The molecule has 0 radical (unpaired) electrons. The lowest BCUT2D eigenvalue weighted by Crippen LogP contribution is -2.05. The lowest BCUT2D eigenvalue weighted by molar-refractivity contribution is -0.137. The van der Waals surface area contributed by atoms with Crippen molar-refractivity contribution < 1.29 is 13.2 Å². The number of hydrogen-bond donors (Lipinski definition) is 0. The minimum atomic E-state index is -4.39. The lowest BCUT2D eigenvalue weighted by Gasteiger charge is -2.19. The maximum atomic E-state index is 13.4. The van der Waals surface area contributed by atoms with Crippen LogP contribution in [0, 0.1) is 13.8 Å². The van der Waals surface area contributed by atoms with Crippen molar-refractivity contribution in [1.82, 2.24) is 9.38 Å². The van der Waals surface area contributed by atoms with Crippen molar-refractivity contribution >= 4 is 32.9 Å². The van der Waals surface area contributed by atoms with E-state index < -0.39 is 11.7 Å². The number of aromatic nitrogens is 2. The Kier molecular flexibility index (Phi) is 4.03. The van der Waals surface area contributed by atoms with Gasteiger partial charge in [0.25, 0.3) is 0 Å². The van der Waals surface area contributed by atoms with Crippen LogP contribution in [0.5, 0.6) is 0 Å². The molecule has 0 saturated heterocycles. The molecule has 0 saturated carbocycles. The summed E-state index contributed by atoms with van der Waals surface area (Å²) in [5.74, 6) is 0. The van der Waals surface area contributed by atoms with Crippen LogP contribution in [0.25, 0.3) is 32.9 Å². The van der Waals surface area contributed by atoms with Crippen molar-refractivity contribution in [3.05, 3.63) is 64.5 Å². The molecule has 0 unspecified atom stereocenters. The number of pyridine rings is 1. The molecule has 0 aliphatic heterocycles. The van der Waals surface area contributed by atoms with E-state index in [0.717, 1.165) is 50.3 Å². The van der Waals surface area contributed by atoms with Gasteiger partial charge in [-0.3, -0.25) is 4.40 Å². The van der Waals surface area contributed by atoms with Crippen LogP contribution in [0.3, 0.4) is 0 Å². The Morgan fingerprint density at radius 1 is 0.964 bits per heavy atom. The van der Waals surface area contributed by atoms with Crippen molar-refractivity contribution in [2.24, 2.45) is 0 Å². The molecule has 0 aliphatic rings. The third kappa shape index (κ3) is 2.60.